The maximum absolute atomic E-state index is 13.0. The fourth-order valence-electron chi connectivity index (χ4n) is 2.09. The van der Waals surface area contributed by atoms with Crippen molar-refractivity contribution in [2.45, 2.75) is 0 Å². The molecule has 0 radical (unpaired) electrons. The zero-order valence-electron chi connectivity index (χ0n) is 10.4. The predicted molar refractivity (Wildman–Crippen MR) is 75.3 cm³/mol. The third kappa shape index (κ3) is 2.44. The van der Waals surface area contributed by atoms with Crippen molar-refractivity contribution in [3.63, 3.8) is 0 Å². The van der Waals surface area contributed by atoms with Gasteiger partial charge in [0.25, 0.3) is 0 Å². The van der Waals surface area contributed by atoms with E-state index >= 15 is 0 Å². The van der Waals surface area contributed by atoms with Crippen LogP contribution in [0.3, 0.4) is 0 Å². The van der Waals surface area contributed by atoms with Crippen LogP contribution in [-0.2, 0) is 10.1 Å². The molecule has 0 saturated carbocycles. The molecule has 2 aromatic carbocycles. The van der Waals surface area contributed by atoms with E-state index in [4.69, 9.17) is 4.18 Å². The molecule has 1 heterocycles. The Morgan fingerprint density at radius 2 is 1.80 bits per heavy atom. The van der Waals surface area contributed by atoms with Crippen LogP contribution in [0.25, 0.3) is 17.2 Å². The van der Waals surface area contributed by atoms with Gasteiger partial charge in [-0.15, -0.1) is 0 Å². The molecule has 0 spiro atoms. The Hall–Kier alpha value is -2.14. The third-order valence-corrected chi connectivity index (χ3v) is 4.03. The molecule has 1 aliphatic rings. The average Bonchev–Trinajstić information content (AvgIpc) is 2.56. The van der Waals surface area contributed by atoms with Crippen LogP contribution >= 0.6 is 0 Å². The quantitative estimate of drug-likeness (QED) is 0.757. The summed E-state index contributed by atoms with van der Waals surface area (Å²) < 4.78 is 41.6. The molecule has 0 N–H and O–H groups in total. The van der Waals surface area contributed by atoms with E-state index in [1.165, 1.54) is 12.1 Å². The summed E-state index contributed by atoms with van der Waals surface area (Å²) in [5.41, 5.74) is 2.01. The van der Waals surface area contributed by atoms with Crippen LogP contribution in [0.15, 0.2) is 48.5 Å². The first-order chi connectivity index (χ1) is 9.55. The van der Waals surface area contributed by atoms with E-state index in [1.807, 2.05) is 6.07 Å². The number of benzene rings is 2. The highest BCUT2D eigenvalue weighted by Gasteiger charge is 2.20. The van der Waals surface area contributed by atoms with Crippen molar-refractivity contribution in [3.8, 4) is 16.9 Å². The van der Waals surface area contributed by atoms with Gasteiger partial charge in [0.05, 0.1) is 0 Å². The fraction of sp³-hybridized carbons (Fsp3) is 0.0667. The Morgan fingerprint density at radius 3 is 2.55 bits per heavy atom. The number of fused-ring (bicyclic) bond motifs is 1. The number of halogens is 1. The Balaban J connectivity index is 2.19. The van der Waals surface area contributed by atoms with Gasteiger partial charge in [-0.1, -0.05) is 42.5 Å². The van der Waals surface area contributed by atoms with E-state index in [2.05, 4.69) is 0 Å². The molecule has 0 unspecified atom stereocenters. The second kappa shape index (κ2) is 4.76. The lowest BCUT2D eigenvalue weighted by atomic mass is 10.0. The molecule has 0 bridgehead atoms. The first-order valence-electron chi connectivity index (χ1n) is 6.03. The fourth-order valence-corrected chi connectivity index (χ4v) is 2.93. The summed E-state index contributed by atoms with van der Waals surface area (Å²) >= 11 is 0. The summed E-state index contributed by atoms with van der Waals surface area (Å²) in [5, 5.41) is 0. The van der Waals surface area contributed by atoms with Gasteiger partial charge >= 0.3 is 10.1 Å². The first-order valence-corrected chi connectivity index (χ1v) is 7.60. The number of para-hydroxylation sites is 1. The first kappa shape index (κ1) is 12.9. The number of rotatable bonds is 1. The second-order valence-electron chi connectivity index (χ2n) is 4.44. The molecule has 102 valence electrons. The highest BCUT2D eigenvalue weighted by Crippen LogP contribution is 2.36. The zero-order chi connectivity index (χ0) is 14.2. The molecule has 1 aliphatic heterocycles. The van der Waals surface area contributed by atoms with Gasteiger partial charge in [-0.25, -0.2) is 4.39 Å². The molecule has 0 atom stereocenters. The van der Waals surface area contributed by atoms with Gasteiger partial charge in [-0.2, -0.15) is 8.42 Å². The minimum absolute atomic E-state index is 0.162. The number of hydrogen-bond donors (Lipinski definition) is 0. The maximum Gasteiger partial charge on any atom is 0.312 e. The van der Waals surface area contributed by atoms with Gasteiger partial charge in [0.2, 0.25) is 0 Å². The van der Waals surface area contributed by atoms with Gasteiger partial charge in [0.15, 0.2) is 5.75 Å². The van der Waals surface area contributed by atoms with Crippen LogP contribution < -0.4 is 4.18 Å². The molecule has 2 aromatic rings. The molecular formula is C15H11FO3S. The van der Waals surface area contributed by atoms with E-state index in [1.54, 1.807) is 36.4 Å². The summed E-state index contributed by atoms with van der Waals surface area (Å²) in [6.45, 7) is 0. The Bertz CT molecular complexity index is 777. The highest BCUT2D eigenvalue weighted by molar-refractivity contribution is 7.87. The monoisotopic (exact) mass is 290 g/mol. The van der Waals surface area contributed by atoms with Crippen molar-refractivity contribution >= 4 is 16.2 Å². The van der Waals surface area contributed by atoms with Gasteiger partial charge in [-0.05, 0) is 17.7 Å². The average molecular weight is 290 g/mol. The van der Waals surface area contributed by atoms with Crippen LogP contribution in [0.5, 0.6) is 5.75 Å². The summed E-state index contributed by atoms with van der Waals surface area (Å²) in [6, 6.07) is 11.2. The smallest absolute Gasteiger partial charge is 0.312 e. The minimum atomic E-state index is -3.63. The molecule has 5 heteroatoms. The number of hydrogen-bond acceptors (Lipinski definition) is 3. The molecular weight excluding hydrogens is 279 g/mol. The van der Waals surface area contributed by atoms with Gasteiger partial charge in [0.1, 0.15) is 11.6 Å². The Morgan fingerprint density at radius 1 is 1.05 bits per heavy atom. The second-order valence-corrected chi connectivity index (χ2v) is 6.06. The summed E-state index contributed by atoms with van der Waals surface area (Å²) in [7, 11) is -3.63. The molecule has 0 fully saturated rings. The van der Waals surface area contributed by atoms with Crippen LogP contribution in [-0.4, -0.2) is 14.2 Å². The van der Waals surface area contributed by atoms with Gasteiger partial charge in [-0.3, -0.25) is 0 Å². The summed E-state index contributed by atoms with van der Waals surface area (Å²) in [4.78, 5) is 0. The minimum Gasteiger partial charge on any atom is -0.381 e. The van der Waals surface area contributed by atoms with E-state index in [0.29, 0.717) is 16.7 Å². The van der Waals surface area contributed by atoms with E-state index in [-0.39, 0.29) is 17.3 Å². The molecule has 3 rings (SSSR count). The largest absolute Gasteiger partial charge is 0.381 e. The molecule has 0 amide bonds. The van der Waals surface area contributed by atoms with Crippen molar-refractivity contribution in [1.29, 1.82) is 0 Å². The third-order valence-electron chi connectivity index (χ3n) is 3.01. The van der Waals surface area contributed by atoms with E-state index in [9.17, 15) is 12.8 Å². The molecule has 20 heavy (non-hydrogen) atoms. The van der Waals surface area contributed by atoms with E-state index in [0.717, 1.165) is 0 Å². The van der Waals surface area contributed by atoms with Crippen molar-refractivity contribution in [1.82, 2.24) is 0 Å². The predicted octanol–water partition coefficient (Wildman–Crippen LogP) is 3.23. The zero-order valence-corrected chi connectivity index (χ0v) is 11.2. The lowest BCUT2D eigenvalue weighted by Gasteiger charge is -2.12. The van der Waals surface area contributed by atoms with Crippen LogP contribution in [0.1, 0.15) is 5.56 Å². The van der Waals surface area contributed by atoms with Crippen molar-refractivity contribution < 1.29 is 17.0 Å². The summed E-state index contributed by atoms with van der Waals surface area (Å²) in [6.07, 6.45) is 3.27. The Labute approximate surface area is 116 Å². The highest BCUT2D eigenvalue weighted by atomic mass is 32.2. The lowest BCUT2D eigenvalue weighted by molar-refractivity contribution is 0.490. The Kier molecular flexibility index (Phi) is 3.06. The standard InChI is InChI=1S/C15H11FO3S/c16-13-8-6-11(7-9-13)14-5-1-3-12-4-2-10-20(17,18)19-15(12)14/h1-9H,10H2. The summed E-state index contributed by atoms with van der Waals surface area (Å²) in [5.74, 6) is -0.220. The molecule has 0 saturated heterocycles. The van der Waals surface area contributed by atoms with Crippen molar-refractivity contribution in [3.05, 3.63) is 59.9 Å². The normalized spacial score (nSPS) is 16.1. The molecule has 0 aliphatic carbocycles. The van der Waals surface area contributed by atoms with Gasteiger partial charge in [0, 0.05) is 11.1 Å². The lowest BCUT2D eigenvalue weighted by Crippen LogP contribution is -2.11. The van der Waals surface area contributed by atoms with Crippen LogP contribution in [0.4, 0.5) is 4.39 Å². The molecule has 0 aromatic heterocycles. The van der Waals surface area contributed by atoms with Gasteiger partial charge < -0.3 is 4.18 Å². The van der Waals surface area contributed by atoms with Crippen molar-refractivity contribution in [2.75, 3.05) is 5.75 Å². The molecule has 3 nitrogen and oxygen atoms in total. The van der Waals surface area contributed by atoms with E-state index < -0.39 is 10.1 Å². The SMILES string of the molecule is O=S1(=O)CC=Cc2cccc(-c3ccc(F)cc3)c2O1. The maximum atomic E-state index is 13.0. The van der Waals surface area contributed by atoms with Crippen LogP contribution in [0.2, 0.25) is 0 Å². The van der Waals surface area contributed by atoms with Crippen molar-refractivity contribution in [2.24, 2.45) is 0 Å². The van der Waals surface area contributed by atoms with Crippen LogP contribution in [0, 0.1) is 5.82 Å². The topological polar surface area (TPSA) is 43.4 Å².